The molecular formula is C73H65N6+3. The first kappa shape index (κ1) is 45.8. The molecule has 384 valence electrons. The maximum Gasteiger partial charge on any atom is 0.289 e. The maximum absolute atomic E-state index is 7.67. The van der Waals surface area contributed by atoms with Gasteiger partial charge in [0, 0.05) is 42.3 Å². The topological polar surface area (TPSA) is 26.4 Å². The van der Waals surface area contributed by atoms with Gasteiger partial charge in [0.25, 0.3) is 16.9 Å². The predicted molar refractivity (Wildman–Crippen MR) is 333 cm³/mol. The summed E-state index contributed by atoms with van der Waals surface area (Å²) in [6.07, 6.45) is 0. The fourth-order valence-electron chi connectivity index (χ4n) is 13.0. The molecule has 15 aromatic rings. The van der Waals surface area contributed by atoms with Gasteiger partial charge in [0.05, 0.1) is 58.4 Å². The number of fused-ring (bicyclic) bond motifs is 14. The second-order valence-electron chi connectivity index (χ2n) is 21.5. The van der Waals surface area contributed by atoms with Crippen LogP contribution in [-0.4, -0.2) is 13.7 Å². The molecule has 6 aromatic heterocycles. The van der Waals surface area contributed by atoms with E-state index in [4.69, 9.17) is 4.11 Å². The molecule has 0 saturated heterocycles. The number of aromatic nitrogens is 6. The number of rotatable bonds is 3. The highest BCUT2D eigenvalue weighted by Crippen LogP contribution is 2.37. The summed E-state index contributed by atoms with van der Waals surface area (Å²) in [5.41, 5.74) is 18.5. The van der Waals surface area contributed by atoms with Crippen molar-refractivity contribution in [2.75, 3.05) is 0 Å². The third-order valence-corrected chi connectivity index (χ3v) is 16.9. The van der Waals surface area contributed by atoms with Gasteiger partial charge in [0.2, 0.25) is 0 Å². The van der Waals surface area contributed by atoms with Crippen LogP contribution in [0.25, 0.3) is 132 Å². The van der Waals surface area contributed by atoms with Crippen LogP contribution in [0.15, 0.2) is 212 Å². The molecule has 0 aliphatic carbocycles. The van der Waals surface area contributed by atoms with Crippen molar-refractivity contribution in [3.8, 4) is 33.8 Å². The van der Waals surface area contributed by atoms with Crippen molar-refractivity contribution in [2.45, 2.75) is 27.6 Å². The second-order valence-corrected chi connectivity index (χ2v) is 21.5. The molecule has 6 nitrogen and oxygen atoms in total. The SMILES string of the molecule is Cc1ccccc1-c1ccc2c3c4ccccc4ccc3n(C)c2[n+]1C.Cc1ccccc1-c1ccc2c3ccc4ccccc4c3n(C)c2[n+]1C.[2H]C([2H])([2H])c1ccc(-c2ccc3c4cc5ccccc5cc4n(C)c3[n+]2C)c(C)c1. The first-order valence-electron chi connectivity index (χ1n) is 28.7. The summed E-state index contributed by atoms with van der Waals surface area (Å²) >= 11 is 0. The van der Waals surface area contributed by atoms with Gasteiger partial charge in [-0.05, 0) is 132 Å². The van der Waals surface area contributed by atoms with Crippen molar-refractivity contribution in [3.63, 3.8) is 0 Å². The normalized spacial score (nSPS) is 12.4. The van der Waals surface area contributed by atoms with E-state index in [-0.39, 0.29) is 0 Å². The van der Waals surface area contributed by atoms with Gasteiger partial charge in [-0.1, -0.05) is 157 Å². The standard InChI is InChI=1S/C25H23N2.2C24H21N2/c1-16-9-10-20(17(2)13-16)23-12-11-21-22-14-18-7-5-6-8-19(18)15-24(22)27(4)25(21)26(23)3;1-16-8-4-6-10-18(16)21-15-13-20-23-19-11-7-5-9-17(19)12-14-22(23)26(3)24(20)25(21)2;1-16-8-4-6-10-18(16)22-15-14-21-20-13-12-17-9-5-7-11-19(17)23(20)26(3)24(21)25(22)2/h5-15H,1-4H3;2*4-15H,1-3H3/q3*+1/i1D3;;. The Bertz CT molecular complexity index is 5030. The van der Waals surface area contributed by atoms with Gasteiger partial charge in [-0.15, -0.1) is 0 Å². The van der Waals surface area contributed by atoms with Crippen LogP contribution in [0.2, 0.25) is 0 Å². The highest BCUT2D eigenvalue weighted by Gasteiger charge is 2.25. The van der Waals surface area contributed by atoms with E-state index in [1.54, 1.807) is 12.1 Å². The molecule has 0 radical (unpaired) electrons. The van der Waals surface area contributed by atoms with Gasteiger partial charge >= 0.3 is 0 Å². The first-order valence-corrected chi connectivity index (χ1v) is 27.2. The highest BCUT2D eigenvalue weighted by atomic mass is 15.1. The Balaban J connectivity index is 0.000000116. The lowest BCUT2D eigenvalue weighted by Crippen LogP contribution is -2.33. The quantitative estimate of drug-likeness (QED) is 0.158. The molecule has 6 heterocycles. The van der Waals surface area contributed by atoms with Crippen LogP contribution in [0, 0.1) is 27.6 Å². The van der Waals surface area contributed by atoms with Crippen LogP contribution in [0.5, 0.6) is 0 Å². The molecule has 0 bridgehead atoms. The van der Waals surface area contributed by atoms with Crippen molar-refractivity contribution in [1.82, 2.24) is 13.7 Å². The molecule has 0 aliphatic rings. The van der Waals surface area contributed by atoms with Crippen molar-refractivity contribution in [3.05, 3.63) is 235 Å². The minimum absolute atomic E-state index is 0.378. The van der Waals surface area contributed by atoms with Crippen LogP contribution in [0.3, 0.4) is 0 Å². The highest BCUT2D eigenvalue weighted by molar-refractivity contribution is 6.20. The van der Waals surface area contributed by atoms with Gasteiger partial charge < -0.3 is 0 Å². The van der Waals surface area contributed by atoms with Gasteiger partial charge in [0.15, 0.2) is 0 Å². The van der Waals surface area contributed by atoms with Crippen LogP contribution < -0.4 is 13.7 Å². The zero-order chi connectivity index (χ0) is 56.9. The Morgan fingerprint density at radius 2 is 0.785 bits per heavy atom. The summed E-state index contributed by atoms with van der Waals surface area (Å²) in [7, 11) is 12.9. The van der Waals surface area contributed by atoms with Gasteiger partial charge in [-0.3, -0.25) is 0 Å². The van der Waals surface area contributed by atoms with Gasteiger partial charge in [-0.25, -0.2) is 27.4 Å². The minimum Gasteiger partial charge on any atom is -0.229 e. The summed E-state index contributed by atoms with van der Waals surface area (Å²) in [5.74, 6) is 0. The minimum atomic E-state index is -2.09. The fourth-order valence-corrected chi connectivity index (χ4v) is 13.0. The number of aryl methyl sites for hydroxylation is 10. The summed E-state index contributed by atoms with van der Waals surface area (Å²) < 4.78 is 36.8. The molecule has 9 aromatic carbocycles. The van der Waals surface area contributed by atoms with Crippen LogP contribution in [-0.2, 0) is 42.3 Å². The van der Waals surface area contributed by atoms with E-state index in [0.717, 1.165) is 22.5 Å². The lowest BCUT2D eigenvalue weighted by atomic mass is 10.0. The zero-order valence-electron chi connectivity index (χ0n) is 49.4. The summed E-state index contributed by atoms with van der Waals surface area (Å²) in [6.45, 7) is 4.24. The third-order valence-electron chi connectivity index (χ3n) is 16.9. The van der Waals surface area contributed by atoms with Crippen LogP contribution in [0.4, 0.5) is 0 Å². The molecule has 15 rings (SSSR count). The number of nitrogens with zero attached hydrogens (tertiary/aromatic N) is 6. The molecule has 0 saturated carbocycles. The van der Waals surface area contributed by atoms with Crippen molar-refractivity contribution < 1.29 is 17.8 Å². The fraction of sp³-hybridized carbons (Fsp3) is 0.137. The zero-order valence-corrected chi connectivity index (χ0v) is 46.4. The molecule has 0 atom stereocenters. The van der Waals surface area contributed by atoms with Crippen molar-refractivity contribution in [2.24, 2.45) is 42.3 Å². The number of benzene rings is 9. The van der Waals surface area contributed by atoms with Crippen molar-refractivity contribution >= 4 is 98.1 Å². The van der Waals surface area contributed by atoms with E-state index in [1.165, 1.54) is 126 Å². The Morgan fingerprint density at radius 1 is 0.329 bits per heavy atom. The summed E-state index contributed by atoms with van der Waals surface area (Å²) in [5, 5.41) is 15.4. The molecule has 79 heavy (non-hydrogen) atoms. The average Bonchev–Trinajstić information content (AvgIpc) is 4.23. The van der Waals surface area contributed by atoms with E-state index in [1.807, 2.05) is 13.0 Å². The molecule has 0 amide bonds. The predicted octanol–water partition coefficient (Wildman–Crippen LogP) is 16.2. The van der Waals surface area contributed by atoms with E-state index >= 15 is 0 Å². The second kappa shape index (κ2) is 19.3. The smallest absolute Gasteiger partial charge is 0.229 e. The molecule has 0 spiro atoms. The Kier molecular flexibility index (Phi) is 11.2. The Morgan fingerprint density at radius 3 is 1.39 bits per heavy atom. The lowest BCUT2D eigenvalue weighted by molar-refractivity contribution is -0.636. The number of pyridine rings is 3. The third kappa shape index (κ3) is 7.96. The Labute approximate surface area is 465 Å². The van der Waals surface area contributed by atoms with E-state index in [9.17, 15) is 0 Å². The molecule has 0 fully saturated rings. The van der Waals surface area contributed by atoms with E-state index in [2.05, 4.69) is 278 Å². The summed E-state index contributed by atoms with van der Waals surface area (Å²) in [4.78, 5) is 0. The monoisotopic (exact) mass is 1030 g/mol. The Hall–Kier alpha value is -9.39. The van der Waals surface area contributed by atoms with E-state index in [0.29, 0.717) is 5.56 Å². The van der Waals surface area contributed by atoms with E-state index < -0.39 is 6.85 Å². The average molecular weight is 1030 g/mol. The van der Waals surface area contributed by atoms with Crippen molar-refractivity contribution in [1.29, 1.82) is 0 Å². The number of hydrogen-bond donors (Lipinski definition) is 0. The molecule has 6 heteroatoms. The van der Waals surface area contributed by atoms with Gasteiger partial charge in [-0.2, -0.15) is 0 Å². The lowest BCUT2D eigenvalue weighted by Gasteiger charge is -2.09. The largest absolute Gasteiger partial charge is 0.289 e. The first-order chi connectivity index (χ1) is 39.6. The molecular weight excluding hydrogens is 961 g/mol. The van der Waals surface area contributed by atoms with Crippen LogP contribution >= 0.6 is 0 Å². The summed E-state index contributed by atoms with van der Waals surface area (Å²) in [6, 6.07) is 75.2. The number of hydrogen-bond acceptors (Lipinski definition) is 0. The van der Waals surface area contributed by atoms with Crippen LogP contribution in [0.1, 0.15) is 26.4 Å². The molecule has 0 N–H and O–H groups in total. The molecule has 0 unspecified atom stereocenters. The molecule has 0 aliphatic heterocycles. The maximum atomic E-state index is 7.67. The van der Waals surface area contributed by atoms with Gasteiger partial charge in [0.1, 0.15) is 33.6 Å².